The standard InChI is InChI=1S/C22H13B5ClF2N3O4/c23-15-10(7-32(27)21(37)22(29,30)8-1-3-9(28)4-2-8)16(24)17(25)14-13(15)18(26)33(20(14)36)11-5-6-12(34)31-19(11)35/h1-4,11,18H,5-7H2,(H,31,34,35). The second kappa shape index (κ2) is 9.70. The van der Waals surface area contributed by atoms with Crippen LogP contribution in [0, 0.1) is 0 Å². The summed E-state index contributed by atoms with van der Waals surface area (Å²) in [6.45, 7) is -0.698. The molecule has 1 saturated heterocycles. The minimum Gasteiger partial charge on any atom is -0.387 e. The molecule has 4 amide bonds. The van der Waals surface area contributed by atoms with Gasteiger partial charge in [-0.2, -0.15) is 8.78 Å². The summed E-state index contributed by atoms with van der Waals surface area (Å²) in [5.41, 5.74) is -1.62. The molecule has 2 aromatic carbocycles. The van der Waals surface area contributed by atoms with Crippen molar-refractivity contribution in [2.75, 3.05) is 0 Å². The molecule has 2 atom stereocenters. The van der Waals surface area contributed by atoms with Gasteiger partial charge in [-0.15, -0.1) is 0 Å². The second-order valence-electron chi connectivity index (χ2n) is 8.65. The summed E-state index contributed by atoms with van der Waals surface area (Å²) >= 11 is 5.72. The van der Waals surface area contributed by atoms with Crippen molar-refractivity contribution in [3.05, 3.63) is 51.5 Å². The third kappa shape index (κ3) is 4.49. The Bertz CT molecular complexity index is 1340. The highest BCUT2D eigenvalue weighted by atomic mass is 35.5. The van der Waals surface area contributed by atoms with Crippen molar-refractivity contribution in [3.8, 4) is 0 Å². The third-order valence-corrected chi connectivity index (χ3v) is 6.68. The molecule has 37 heavy (non-hydrogen) atoms. The number of imide groups is 1. The van der Waals surface area contributed by atoms with Crippen LogP contribution in [-0.2, 0) is 26.9 Å². The van der Waals surface area contributed by atoms with Crippen LogP contribution in [0.3, 0.4) is 0 Å². The van der Waals surface area contributed by atoms with Crippen LogP contribution < -0.4 is 21.7 Å². The van der Waals surface area contributed by atoms with Crippen LogP contribution >= 0.6 is 11.6 Å². The summed E-state index contributed by atoms with van der Waals surface area (Å²) < 4.78 is 29.7. The van der Waals surface area contributed by atoms with Gasteiger partial charge in [0.1, 0.15) is 37.4 Å². The fourth-order valence-electron chi connectivity index (χ4n) is 4.48. The Balaban J connectivity index is 1.67. The predicted octanol–water partition coefficient (Wildman–Crippen LogP) is -1.65. The molecular formula is C22H13B5ClF2N3O4. The first-order valence-corrected chi connectivity index (χ1v) is 11.3. The van der Waals surface area contributed by atoms with Gasteiger partial charge in [0.2, 0.25) is 19.8 Å². The highest BCUT2D eigenvalue weighted by Crippen LogP contribution is 2.34. The normalized spacial score (nSPS) is 19.5. The van der Waals surface area contributed by atoms with Crippen molar-refractivity contribution < 1.29 is 28.0 Å². The molecule has 0 spiro atoms. The van der Waals surface area contributed by atoms with E-state index in [0.717, 1.165) is 17.0 Å². The molecule has 15 heteroatoms. The minimum atomic E-state index is -4.01. The zero-order valence-corrected chi connectivity index (χ0v) is 19.9. The minimum absolute atomic E-state index is 0.00158. The number of rotatable bonds is 5. The maximum Gasteiger partial charge on any atom is 0.348 e. The number of benzene rings is 2. The van der Waals surface area contributed by atoms with Gasteiger partial charge in [0.15, 0.2) is 0 Å². The molecule has 1 N–H and O–H groups in total. The van der Waals surface area contributed by atoms with Gasteiger partial charge in [-0.25, -0.2) is 0 Å². The number of fused-ring (bicyclic) bond motifs is 1. The largest absolute Gasteiger partial charge is 0.387 e. The van der Waals surface area contributed by atoms with E-state index in [-0.39, 0.29) is 55.8 Å². The molecule has 4 rings (SSSR count). The molecule has 7 nitrogen and oxygen atoms in total. The zero-order valence-electron chi connectivity index (χ0n) is 19.1. The van der Waals surface area contributed by atoms with Crippen LogP contribution in [-0.4, -0.2) is 78.7 Å². The van der Waals surface area contributed by atoms with Gasteiger partial charge in [-0.05, 0) is 29.7 Å². The van der Waals surface area contributed by atoms with Gasteiger partial charge in [0, 0.05) is 35.1 Å². The fourth-order valence-corrected chi connectivity index (χ4v) is 4.60. The Labute approximate surface area is 222 Å². The van der Waals surface area contributed by atoms with Crippen molar-refractivity contribution in [2.45, 2.75) is 37.3 Å². The predicted molar refractivity (Wildman–Crippen MR) is 135 cm³/mol. The fraction of sp³-hybridized carbons (Fsp3) is 0.273. The number of amides is 4. The van der Waals surface area contributed by atoms with Crippen molar-refractivity contribution in [3.63, 3.8) is 0 Å². The Kier molecular flexibility index (Phi) is 7.09. The van der Waals surface area contributed by atoms with Crippen LogP contribution in [0.2, 0.25) is 5.02 Å². The molecule has 2 aliphatic rings. The summed E-state index contributed by atoms with van der Waals surface area (Å²) in [7, 11) is 30.4. The highest BCUT2D eigenvalue weighted by Gasteiger charge is 2.45. The van der Waals surface area contributed by atoms with E-state index in [1.54, 1.807) is 0 Å². The van der Waals surface area contributed by atoms with E-state index in [2.05, 4.69) is 5.32 Å². The maximum atomic E-state index is 14.8. The van der Waals surface area contributed by atoms with E-state index in [1.165, 1.54) is 12.1 Å². The number of hydrogen-bond donors (Lipinski definition) is 1. The number of carbonyl (C=O) groups is 4. The van der Waals surface area contributed by atoms with Gasteiger partial charge in [0.05, 0.1) is 0 Å². The number of alkyl halides is 2. The lowest BCUT2D eigenvalue weighted by atomic mass is 9.66. The lowest BCUT2D eigenvalue weighted by Gasteiger charge is -2.33. The Morgan fingerprint density at radius 3 is 2.32 bits per heavy atom. The van der Waals surface area contributed by atoms with E-state index in [4.69, 9.17) is 51.0 Å². The molecule has 2 aromatic rings. The molecule has 10 radical (unpaired) electrons. The number of hydrogen-bond acceptors (Lipinski definition) is 4. The number of nitrogens with one attached hydrogen (secondary N) is 1. The molecule has 2 heterocycles. The summed E-state index contributed by atoms with van der Waals surface area (Å²) in [4.78, 5) is 50.9. The maximum absolute atomic E-state index is 14.8. The molecular weight excluding hydrogens is 498 g/mol. The number of halogens is 3. The molecule has 1 fully saturated rings. The first kappa shape index (κ1) is 27.0. The van der Waals surface area contributed by atoms with Crippen LogP contribution in [0.15, 0.2) is 24.3 Å². The molecule has 0 aliphatic carbocycles. The average Bonchev–Trinajstić information content (AvgIpc) is 3.10. The van der Waals surface area contributed by atoms with E-state index < -0.39 is 53.6 Å². The quantitative estimate of drug-likeness (QED) is 0.386. The van der Waals surface area contributed by atoms with Crippen LogP contribution in [0.1, 0.15) is 45.8 Å². The van der Waals surface area contributed by atoms with Gasteiger partial charge in [-0.3, -0.25) is 24.5 Å². The van der Waals surface area contributed by atoms with Crippen LogP contribution in [0.25, 0.3) is 0 Å². The van der Waals surface area contributed by atoms with E-state index in [0.29, 0.717) is 0 Å². The van der Waals surface area contributed by atoms with E-state index >= 15 is 0 Å². The lowest BCUT2D eigenvalue weighted by molar-refractivity contribution is -0.154. The van der Waals surface area contributed by atoms with Gasteiger partial charge < -0.3 is 9.71 Å². The third-order valence-electron chi connectivity index (χ3n) is 6.42. The first-order valence-electron chi connectivity index (χ1n) is 10.9. The van der Waals surface area contributed by atoms with E-state index in [9.17, 15) is 28.0 Å². The highest BCUT2D eigenvalue weighted by molar-refractivity contribution is 6.54. The van der Waals surface area contributed by atoms with Gasteiger partial charge in [-0.1, -0.05) is 40.1 Å². The van der Waals surface area contributed by atoms with Gasteiger partial charge >= 0.3 is 5.92 Å². The summed E-state index contributed by atoms with van der Waals surface area (Å²) in [5, 5.41) is 2.34. The first-order chi connectivity index (χ1) is 17.3. The molecule has 2 aliphatic heterocycles. The molecule has 0 bridgehead atoms. The van der Waals surface area contributed by atoms with E-state index in [1.807, 2.05) is 0 Å². The SMILES string of the molecule is [B]c1c([B])c2c(c([B])c1CN([B])C(=O)C(F)(F)c1ccc(Cl)cc1)C([B])N(C1CCC(=O)NC1=O)C2=O. The van der Waals surface area contributed by atoms with Crippen LogP contribution in [0.4, 0.5) is 8.78 Å². The Morgan fingerprint density at radius 1 is 1.11 bits per heavy atom. The second-order valence-corrected chi connectivity index (χ2v) is 9.08. The number of carbonyl (C=O) groups excluding carboxylic acids is 4. The van der Waals surface area contributed by atoms with Crippen molar-refractivity contribution in [1.29, 1.82) is 0 Å². The number of nitrogens with zero attached hydrogens (tertiary/aromatic N) is 2. The molecule has 2 unspecified atom stereocenters. The van der Waals surface area contributed by atoms with Crippen molar-refractivity contribution in [1.82, 2.24) is 15.0 Å². The Morgan fingerprint density at radius 2 is 1.73 bits per heavy atom. The van der Waals surface area contributed by atoms with Crippen molar-refractivity contribution in [2.24, 2.45) is 0 Å². The summed E-state index contributed by atoms with van der Waals surface area (Å²) in [5.74, 6) is -9.01. The molecule has 176 valence electrons. The summed E-state index contributed by atoms with van der Waals surface area (Å²) in [6.07, 6.45) is -0.00120. The smallest absolute Gasteiger partial charge is 0.348 e. The van der Waals surface area contributed by atoms with Gasteiger partial charge in [0.25, 0.3) is 11.8 Å². The Hall–Kier alpha value is -3.01. The zero-order chi connectivity index (χ0) is 27.4. The summed E-state index contributed by atoms with van der Waals surface area (Å²) in [6, 6.07) is 3.28. The lowest BCUT2D eigenvalue weighted by Crippen LogP contribution is -2.53. The monoisotopic (exact) mass is 511 g/mol. The topological polar surface area (TPSA) is 86.8 Å². The van der Waals surface area contributed by atoms with Crippen LogP contribution in [0.5, 0.6) is 0 Å². The molecule has 0 saturated carbocycles. The number of piperidine rings is 1. The molecule has 0 aromatic heterocycles. The van der Waals surface area contributed by atoms with Crippen molar-refractivity contribution >= 4 is 91.0 Å². The average molecular weight is 511 g/mol.